The molecule has 3 aromatic rings. The van der Waals surface area contributed by atoms with Crippen LogP contribution in [0.4, 0.5) is 4.39 Å². The number of aryl methyl sites for hydroxylation is 1. The number of likely N-dealkylation sites (tertiary alicyclic amines) is 1. The van der Waals surface area contributed by atoms with Crippen LogP contribution in [0.3, 0.4) is 0 Å². The highest BCUT2D eigenvalue weighted by molar-refractivity contribution is 5.24. The van der Waals surface area contributed by atoms with E-state index in [1.807, 2.05) is 29.1 Å². The number of hydrogen-bond acceptors (Lipinski definition) is 4. The molecule has 0 radical (unpaired) electrons. The van der Waals surface area contributed by atoms with E-state index in [0.717, 1.165) is 55.3 Å². The highest BCUT2D eigenvalue weighted by Crippen LogP contribution is 2.32. The molecule has 4 rings (SSSR count). The Bertz CT molecular complexity index is 874. The average molecular weight is 351 g/mol. The molecule has 0 saturated carbocycles. The third kappa shape index (κ3) is 3.37. The van der Waals surface area contributed by atoms with Crippen LogP contribution in [-0.2, 0) is 13.0 Å². The van der Waals surface area contributed by atoms with Gasteiger partial charge in [-0.2, -0.15) is 0 Å². The van der Waals surface area contributed by atoms with E-state index in [2.05, 4.69) is 21.8 Å². The predicted octanol–water partition coefficient (Wildman–Crippen LogP) is 3.70. The zero-order chi connectivity index (χ0) is 17.9. The molecule has 0 N–H and O–H groups in total. The molecule has 3 heterocycles. The Morgan fingerprint density at radius 3 is 2.85 bits per heavy atom. The van der Waals surface area contributed by atoms with Crippen LogP contribution in [0.25, 0.3) is 5.82 Å². The van der Waals surface area contributed by atoms with Crippen LogP contribution in [0.2, 0.25) is 0 Å². The highest BCUT2D eigenvalue weighted by Gasteiger charge is 2.27. The SMILES string of the molecule is CCc1nccn1-c1cncc(C2CCCN2Cc2ccc(F)cc2)n1. The van der Waals surface area contributed by atoms with Gasteiger partial charge in [-0.3, -0.25) is 14.5 Å². The molecular formula is C20H22FN5. The molecule has 1 aliphatic heterocycles. The van der Waals surface area contributed by atoms with Gasteiger partial charge in [0.25, 0.3) is 0 Å². The van der Waals surface area contributed by atoms with E-state index in [-0.39, 0.29) is 11.9 Å². The molecule has 5 nitrogen and oxygen atoms in total. The van der Waals surface area contributed by atoms with E-state index in [1.54, 1.807) is 12.4 Å². The first kappa shape index (κ1) is 16.8. The van der Waals surface area contributed by atoms with Gasteiger partial charge >= 0.3 is 0 Å². The van der Waals surface area contributed by atoms with Gasteiger partial charge in [-0.15, -0.1) is 0 Å². The molecule has 1 aromatic carbocycles. The maximum atomic E-state index is 13.1. The Balaban J connectivity index is 1.58. The summed E-state index contributed by atoms with van der Waals surface area (Å²) in [6.45, 7) is 3.89. The molecule has 6 heteroatoms. The summed E-state index contributed by atoms with van der Waals surface area (Å²) in [5, 5.41) is 0. The Morgan fingerprint density at radius 1 is 1.19 bits per heavy atom. The molecule has 26 heavy (non-hydrogen) atoms. The number of rotatable bonds is 5. The van der Waals surface area contributed by atoms with Crippen LogP contribution >= 0.6 is 0 Å². The maximum absolute atomic E-state index is 13.1. The van der Waals surface area contributed by atoms with E-state index in [0.29, 0.717) is 0 Å². The fraction of sp³-hybridized carbons (Fsp3) is 0.350. The topological polar surface area (TPSA) is 46.8 Å². The molecule has 0 spiro atoms. The second-order valence-electron chi connectivity index (χ2n) is 6.62. The van der Waals surface area contributed by atoms with Crippen LogP contribution in [0.5, 0.6) is 0 Å². The van der Waals surface area contributed by atoms with E-state index in [1.165, 1.54) is 12.1 Å². The largest absolute Gasteiger partial charge is 0.290 e. The van der Waals surface area contributed by atoms with Gasteiger partial charge in [0.05, 0.1) is 24.1 Å². The summed E-state index contributed by atoms with van der Waals surface area (Å²) in [6, 6.07) is 6.98. The van der Waals surface area contributed by atoms with Gasteiger partial charge in [-0.05, 0) is 37.1 Å². The Labute approximate surface area is 152 Å². The van der Waals surface area contributed by atoms with Crippen molar-refractivity contribution in [2.75, 3.05) is 6.54 Å². The van der Waals surface area contributed by atoms with Crippen molar-refractivity contribution in [2.24, 2.45) is 0 Å². The van der Waals surface area contributed by atoms with Crippen LogP contribution < -0.4 is 0 Å². The molecule has 0 aliphatic carbocycles. The molecule has 0 bridgehead atoms. The lowest BCUT2D eigenvalue weighted by Gasteiger charge is -2.24. The van der Waals surface area contributed by atoms with Gasteiger partial charge in [0, 0.05) is 25.4 Å². The summed E-state index contributed by atoms with van der Waals surface area (Å²) in [7, 11) is 0. The molecule has 1 unspecified atom stereocenters. The van der Waals surface area contributed by atoms with Crippen molar-refractivity contribution in [1.82, 2.24) is 24.4 Å². The normalized spacial score (nSPS) is 17.7. The first-order valence-corrected chi connectivity index (χ1v) is 9.07. The summed E-state index contributed by atoms with van der Waals surface area (Å²) in [5.41, 5.74) is 2.10. The van der Waals surface area contributed by atoms with Crippen molar-refractivity contribution in [2.45, 2.75) is 38.8 Å². The molecule has 0 amide bonds. The molecule has 2 aromatic heterocycles. The summed E-state index contributed by atoms with van der Waals surface area (Å²) in [6.07, 6.45) is 10.4. The van der Waals surface area contributed by atoms with E-state index in [9.17, 15) is 4.39 Å². The van der Waals surface area contributed by atoms with Crippen molar-refractivity contribution in [3.05, 3.63) is 72.0 Å². The zero-order valence-electron chi connectivity index (χ0n) is 14.8. The Kier molecular flexibility index (Phi) is 4.75. The molecule has 1 atom stereocenters. The van der Waals surface area contributed by atoms with Crippen molar-refractivity contribution >= 4 is 0 Å². The Morgan fingerprint density at radius 2 is 2.04 bits per heavy atom. The lowest BCUT2D eigenvalue weighted by molar-refractivity contribution is 0.244. The van der Waals surface area contributed by atoms with Gasteiger partial charge < -0.3 is 0 Å². The first-order valence-electron chi connectivity index (χ1n) is 9.07. The summed E-state index contributed by atoms with van der Waals surface area (Å²) >= 11 is 0. The van der Waals surface area contributed by atoms with Crippen molar-refractivity contribution in [1.29, 1.82) is 0 Å². The minimum Gasteiger partial charge on any atom is -0.290 e. The third-order valence-corrected chi connectivity index (χ3v) is 4.92. The second kappa shape index (κ2) is 7.33. The fourth-order valence-corrected chi connectivity index (χ4v) is 3.63. The first-order chi connectivity index (χ1) is 12.7. The molecule has 134 valence electrons. The fourth-order valence-electron chi connectivity index (χ4n) is 3.63. The predicted molar refractivity (Wildman–Crippen MR) is 97.3 cm³/mol. The molecular weight excluding hydrogens is 329 g/mol. The van der Waals surface area contributed by atoms with E-state index in [4.69, 9.17) is 4.98 Å². The van der Waals surface area contributed by atoms with Crippen molar-refractivity contribution in [3.8, 4) is 5.82 Å². The standard InChI is InChI=1S/C20H22FN5/c1-2-19-23-9-11-26(19)20-13-22-12-17(24-20)18-4-3-10-25(18)14-15-5-7-16(21)8-6-15/h5-9,11-13,18H,2-4,10,14H2,1H3. The monoisotopic (exact) mass is 351 g/mol. The third-order valence-electron chi connectivity index (χ3n) is 4.92. The van der Waals surface area contributed by atoms with E-state index < -0.39 is 0 Å². The van der Waals surface area contributed by atoms with Crippen LogP contribution in [0.15, 0.2) is 49.1 Å². The Hall–Kier alpha value is -2.60. The van der Waals surface area contributed by atoms with Crippen molar-refractivity contribution in [3.63, 3.8) is 0 Å². The number of halogens is 1. The average Bonchev–Trinajstić information content (AvgIpc) is 3.33. The lowest BCUT2D eigenvalue weighted by atomic mass is 10.1. The minimum atomic E-state index is -0.197. The zero-order valence-corrected chi connectivity index (χ0v) is 14.8. The van der Waals surface area contributed by atoms with E-state index >= 15 is 0 Å². The highest BCUT2D eigenvalue weighted by atomic mass is 19.1. The number of aromatic nitrogens is 4. The molecule has 1 fully saturated rings. The van der Waals surface area contributed by atoms with Crippen LogP contribution in [0, 0.1) is 5.82 Å². The minimum absolute atomic E-state index is 0.197. The summed E-state index contributed by atoms with van der Waals surface area (Å²) in [4.78, 5) is 16.1. The summed E-state index contributed by atoms with van der Waals surface area (Å²) < 4.78 is 15.1. The second-order valence-corrected chi connectivity index (χ2v) is 6.62. The number of benzene rings is 1. The number of nitrogens with zero attached hydrogens (tertiary/aromatic N) is 5. The van der Waals surface area contributed by atoms with Crippen molar-refractivity contribution < 1.29 is 4.39 Å². The van der Waals surface area contributed by atoms with Gasteiger partial charge in [0.2, 0.25) is 0 Å². The van der Waals surface area contributed by atoms with Gasteiger partial charge in [-0.25, -0.2) is 14.4 Å². The van der Waals surface area contributed by atoms with Crippen LogP contribution in [0.1, 0.15) is 42.9 Å². The number of imidazole rings is 1. The summed E-state index contributed by atoms with van der Waals surface area (Å²) in [5.74, 6) is 1.59. The smallest absolute Gasteiger partial charge is 0.156 e. The molecule has 1 saturated heterocycles. The quantitative estimate of drug-likeness (QED) is 0.703. The molecule has 1 aliphatic rings. The number of hydrogen-bond donors (Lipinski definition) is 0. The van der Waals surface area contributed by atoms with Gasteiger partial charge in [0.15, 0.2) is 5.82 Å². The maximum Gasteiger partial charge on any atom is 0.156 e. The van der Waals surface area contributed by atoms with Crippen LogP contribution in [-0.4, -0.2) is 31.0 Å². The van der Waals surface area contributed by atoms with Gasteiger partial charge in [0.1, 0.15) is 11.6 Å². The lowest BCUT2D eigenvalue weighted by Crippen LogP contribution is -2.24. The van der Waals surface area contributed by atoms with Gasteiger partial charge in [-0.1, -0.05) is 19.1 Å².